The Morgan fingerprint density at radius 2 is 2.00 bits per heavy atom. The molecule has 0 atom stereocenters. The van der Waals surface area contributed by atoms with Crippen molar-refractivity contribution >= 4 is 68.5 Å². The fraction of sp³-hybridized carbons (Fsp3) is 0.312. The van der Waals surface area contributed by atoms with Crippen LogP contribution in [0.5, 0.6) is 0 Å². The summed E-state index contributed by atoms with van der Waals surface area (Å²) in [5, 5.41) is 3.33. The van der Waals surface area contributed by atoms with Crippen LogP contribution in [0.2, 0.25) is 0 Å². The average molecular weight is 387 g/mol. The van der Waals surface area contributed by atoms with Crippen molar-refractivity contribution in [3.05, 3.63) is 30.2 Å². The minimum Gasteiger partial charge on any atom is -0.440 e. The van der Waals surface area contributed by atoms with Gasteiger partial charge >= 0.3 is 0 Å². The number of hydrogen-bond acceptors (Lipinski definition) is 4. The molecule has 0 spiro atoms. The maximum absolute atomic E-state index is 12.0. The second kappa shape index (κ2) is 6.75. The fourth-order valence-electron chi connectivity index (χ4n) is 2.34. The molecule has 2 aromatic heterocycles. The van der Waals surface area contributed by atoms with Crippen molar-refractivity contribution in [2.45, 2.75) is 30.0 Å². The molecule has 1 amide bonds. The topological polar surface area (TPSA) is 68.0 Å². The highest BCUT2D eigenvalue weighted by Crippen LogP contribution is 2.32. The summed E-state index contributed by atoms with van der Waals surface area (Å²) in [6.45, 7) is 2.09. The summed E-state index contributed by atoms with van der Waals surface area (Å²) in [7, 11) is 0. The van der Waals surface area contributed by atoms with E-state index in [4.69, 9.17) is 39.2 Å². The van der Waals surface area contributed by atoms with Gasteiger partial charge in [-0.1, -0.05) is 60.3 Å². The predicted molar refractivity (Wildman–Crippen MR) is 96.8 cm³/mol. The molecule has 8 heteroatoms. The number of oxazole rings is 1. The van der Waals surface area contributed by atoms with Crippen LogP contribution in [0.1, 0.15) is 25.7 Å². The summed E-state index contributed by atoms with van der Waals surface area (Å²) in [5.74, 6) is 0.00981. The van der Waals surface area contributed by atoms with E-state index >= 15 is 0 Å². The highest BCUT2D eigenvalue weighted by molar-refractivity contribution is 6.76. The van der Waals surface area contributed by atoms with E-state index in [0.717, 1.165) is 18.2 Å². The largest absolute Gasteiger partial charge is 0.440 e. The first-order chi connectivity index (χ1) is 11.4. The molecule has 0 aliphatic heterocycles. The minimum absolute atomic E-state index is 0.214. The van der Waals surface area contributed by atoms with Gasteiger partial charge in [-0.25, -0.2) is 9.97 Å². The summed E-state index contributed by atoms with van der Waals surface area (Å²) in [6, 6.07) is 7.43. The Kier molecular flexibility index (Phi) is 4.85. The van der Waals surface area contributed by atoms with Crippen LogP contribution in [0.4, 0.5) is 5.82 Å². The van der Waals surface area contributed by atoms with Gasteiger partial charge in [-0.2, -0.15) is 0 Å². The predicted octanol–water partition coefficient (Wildman–Crippen LogP) is 5.03. The Morgan fingerprint density at radius 1 is 1.25 bits per heavy atom. The number of amides is 1. The molecule has 0 fully saturated rings. The van der Waals surface area contributed by atoms with Crippen LogP contribution in [0.25, 0.3) is 22.0 Å². The number of aromatic nitrogens is 2. The Hall–Kier alpha value is -1.56. The van der Waals surface area contributed by atoms with Gasteiger partial charge in [0.15, 0.2) is 22.8 Å². The van der Waals surface area contributed by atoms with Crippen LogP contribution < -0.4 is 5.32 Å². The smallest absolute Gasteiger partial charge is 0.277 e. The molecule has 126 valence electrons. The Labute approximate surface area is 153 Å². The van der Waals surface area contributed by atoms with E-state index in [9.17, 15) is 4.79 Å². The van der Waals surface area contributed by atoms with E-state index in [1.54, 1.807) is 0 Å². The zero-order valence-corrected chi connectivity index (χ0v) is 15.0. The number of carbonyl (C=O) groups is 1. The van der Waals surface area contributed by atoms with Crippen molar-refractivity contribution in [1.82, 2.24) is 9.97 Å². The number of carbonyl (C=O) groups excluding carboxylic acids is 1. The summed E-state index contributed by atoms with van der Waals surface area (Å²) < 4.78 is 3.80. The highest BCUT2D eigenvalue weighted by Gasteiger charge is 2.32. The number of anilines is 1. The van der Waals surface area contributed by atoms with Gasteiger partial charge in [0.05, 0.1) is 5.52 Å². The van der Waals surface area contributed by atoms with Crippen LogP contribution in [-0.2, 0) is 11.2 Å². The van der Waals surface area contributed by atoms with Gasteiger partial charge in [0.1, 0.15) is 0 Å². The van der Waals surface area contributed by atoms with Crippen LogP contribution >= 0.6 is 34.8 Å². The third kappa shape index (κ3) is 3.43. The van der Waals surface area contributed by atoms with Crippen molar-refractivity contribution < 1.29 is 9.21 Å². The average Bonchev–Trinajstić information content (AvgIpc) is 2.96. The van der Waals surface area contributed by atoms with E-state index in [1.165, 1.54) is 0 Å². The number of nitrogens with one attached hydrogen (secondary N) is 1. The zero-order valence-electron chi connectivity index (χ0n) is 12.8. The molecule has 0 aliphatic rings. The lowest BCUT2D eigenvalue weighted by molar-refractivity contribution is -0.115. The van der Waals surface area contributed by atoms with Crippen molar-refractivity contribution in [3.8, 4) is 0 Å². The van der Waals surface area contributed by atoms with Crippen molar-refractivity contribution in [2.75, 3.05) is 5.32 Å². The number of fused-ring (bicyclic) bond motifs is 3. The first-order valence-electron chi connectivity index (χ1n) is 7.46. The number of hydrogen-bond donors (Lipinski definition) is 1. The third-order valence-corrected chi connectivity index (χ3v) is 4.03. The molecule has 0 unspecified atom stereocenters. The number of para-hydroxylation sites is 1. The number of alkyl halides is 3. The molecule has 3 rings (SSSR count). The summed E-state index contributed by atoms with van der Waals surface area (Å²) in [4.78, 5) is 20.9. The Morgan fingerprint density at radius 3 is 2.71 bits per heavy atom. The molecule has 0 radical (unpaired) electrons. The molecule has 3 aromatic rings. The highest BCUT2D eigenvalue weighted by atomic mass is 35.6. The normalized spacial score (nSPS) is 12.0. The van der Waals surface area contributed by atoms with Crippen molar-refractivity contribution in [2.24, 2.45) is 0 Å². The van der Waals surface area contributed by atoms with Gasteiger partial charge in [0.25, 0.3) is 9.70 Å². The number of nitrogens with zero attached hydrogens (tertiary/aromatic N) is 2. The van der Waals surface area contributed by atoms with Crippen molar-refractivity contribution in [1.29, 1.82) is 0 Å². The van der Waals surface area contributed by atoms with Gasteiger partial charge in [0, 0.05) is 11.8 Å². The van der Waals surface area contributed by atoms with Gasteiger partial charge < -0.3 is 9.73 Å². The lowest BCUT2D eigenvalue weighted by Gasteiger charge is -2.11. The van der Waals surface area contributed by atoms with E-state index in [1.807, 2.05) is 24.3 Å². The molecule has 24 heavy (non-hydrogen) atoms. The first kappa shape index (κ1) is 17.3. The number of benzene rings is 1. The van der Waals surface area contributed by atoms with Crippen LogP contribution in [0.3, 0.4) is 0 Å². The Bertz CT molecular complexity index is 903. The molecule has 0 saturated carbocycles. The second-order valence-electron chi connectivity index (χ2n) is 5.32. The molecule has 2 heterocycles. The SMILES string of the molecule is CCCCc1nc2c(NC(=O)C(Cl)(Cl)Cl)nc3ccccc3c2o1. The molecule has 0 saturated heterocycles. The second-order valence-corrected chi connectivity index (χ2v) is 7.60. The van der Waals surface area contributed by atoms with E-state index in [-0.39, 0.29) is 5.82 Å². The van der Waals surface area contributed by atoms with Gasteiger partial charge in [0.2, 0.25) is 0 Å². The molecule has 0 bridgehead atoms. The number of unbranched alkanes of at least 4 members (excludes halogenated alkanes) is 1. The molecule has 1 aromatic carbocycles. The van der Waals surface area contributed by atoms with Crippen LogP contribution in [0.15, 0.2) is 28.7 Å². The minimum atomic E-state index is -2.09. The maximum Gasteiger partial charge on any atom is 0.277 e. The molecule has 1 N–H and O–H groups in total. The first-order valence-corrected chi connectivity index (χ1v) is 8.60. The number of aryl methyl sites for hydroxylation is 1. The third-order valence-electron chi connectivity index (χ3n) is 3.51. The number of pyridine rings is 1. The van der Waals surface area contributed by atoms with E-state index in [0.29, 0.717) is 28.9 Å². The quantitative estimate of drug-likeness (QED) is 0.639. The van der Waals surface area contributed by atoms with Gasteiger partial charge in [-0.3, -0.25) is 4.79 Å². The van der Waals surface area contributed by atoms with Gasteiger partial charge in [-0.15, -0.1) is 0 Å². The zero-order chi connectivity index (χ0) is 17.3. The number of halogens is 3. The van der Waals surface area contributed by atoms with Crippen molar-refractivity contribution in [3.63, 3.8) is 0 Å². The van der Waals surface area contributed by atoms with Gasteiger partial charge in [-0.05, 0) is 18.6 Å². The van der Waals surface area contributed by atoms with Crippen LogP contribution in [0, 0.1) is 0 Å². The molecular weight excluding hydrogens is 373 g/mol. The van der Waals surface area contributed by atoms with Crippen LogP contribution in [-0.4, -0.2) is 19.7 Å². The lowest BCUT2D eigenvalue weighted by Crippen LogP contribution is -2.27. The lowest BCUT2D eigenvalue weighted by atomic mass is 10.2. The number of rotatable bonds is 4. The summed E-state index contributed by atoms with van der Waals surface area (Å²) >= 11 is 16.9. The Balaban J connectivity index is 2.15. The summed E-state index contributed by atoms with van der Waals surface area (Å²) in [5.41, 5.74) is 1.66. The molecular formula is C16H14Cl3N3O2. The monoisotopic (exact) mass is 385 g/mol. The van der Waals surface area contributed by atoms with E-state index in [2.05, 4.69) is 22.2 Å². The molecule has 0 aliphatic carbocycles. The van der Waals surface area contributed by atoms with E-state index < -0.39 is 9.70 Å². The fourth-order valence-corrected chi connectivity index (χ4v) is 2.49. The molecule has 5 nitrogen and oxygen atoms in total. The summed E-state index contributed by atoms with van der Waals surface area (Å²) in [6.07, 6.45) is 2.68. The maximum atomic E-state index is 12.0. The standard InChI is InChI=1S/C16H14Cl3N3O2/c1-2-3-8-11-21-12-13(24-11)9-6-4-5-7-10(9)20-14(12)22-15(23)16(17,18)19/h4-7H,2-3,8H2,1H3,(H,20,22,23).